The summed E-state index contributed by atoms with van der Waals surface area (Å²) in [6.07, 6.45) is 1.74. The van der Waals surface area contributed by atoms with Crippen molar-refractivity contribution in [1.82, 2.24) is 5.32 Å². The molecule has 5 nitrogen and oxygen atoms in total. The summed E-state index contributed by atoms with van der Waals surface area (Å²) >= 11 is 0. The molecule has 0 fully saturated rings. The van der Waals surface area contributed by atoms with Crippen LogP contribution in [0.15, 0.2) is 42.2 Å². The summed E-state index contributed by atoms with van der Waals surface area (Å²) in [5.74, 6) is 0.644. The van der Waals surface area contributed by atoms with Gasteiger partial charge in [-0.1, -0.05) is 24.3 Å². The molecule has 0 aliphatic carbocycles. The van der Waals surface area contributed by atoms with Crippen molar-refractivity contribution in [2.45, 2.75) is 19.4 Å². The van der Waals surface area contributed by atoms with Gasteiger partial charge in [0.25, 0.3) is 5.91 Å². The Bertz CT molecular complexity index is 466. The fourth-order valence-electron chi connectivity index (χ4n) is 1.36. The molecule has 6 heteroatoms. The van der Waals surface area contributed by atoms with Gasteiger partial charge in [0.2, 0.25) is 0 Å². The van der Waals surface area contributed by atoms with Gasteiger partial charge in [-0.2, -0.15) is 0 Å². The van der Waals surface area contributed by atoms with Crippen molar-refractivity contribution >= 4 is 13.5 Å². The van der Waals surface area contributed by atoms with Crippen molar-refractivity contribution in [2.24, 2.45) is 0 Å². The summed E-state index contributed by atoms with van der Waals surface area (Å²) in [7, 11) is -4.11. The summed E-state index contributed by atoms with van der Waals surface area (Å²) in [6, 6.07) is 8.57. The Balaban J connectivity index is 2.46. The lowest BCUT2D eigenvalue weighted by Gasteiger charge is -2.11. The van der Waals surface area contributed by atoms with Crippen LogP contribution < -0.4 is 5.32 Å². The topological polar surface area (TPSA) is 86.6 Å². The second kappa shape index (κ2) is 6.50. The number of hydrogen-bond donors (Lipinski definition) is 3. The van der Waals surface area contributed by atoms with Crippen molar-refractivity contribution in [1.29, 1.82) is 0 Å². The molecule has 0 radical (unpaired) electrons. The Morgan fingerprint density at radius 2 is 2.00 bits per heavy atom. The standard InChI is InChI=1S/C12H16NO4P/c1-10(6-5-9-18(15,16)17)13-12(14)11-7-3-2-4-8-11/h2-5,7-10H,6H2,1H3,(H,13,14)(H2,15,16,17). The number of amides is 1. The summed E-state index contributed by atoms with van der Waals surface area (Å²) in [5.41, 5.74) is 0.559. The predicted octanol–water partition coefficient (Wildman–Crippen LogP) is 1.89. The van der Waals surface area contributed by atoms with Crippen LogP contribution in [-0.4, -0.2) is 21.7 Å². The largest absolute Gasteiger partial charge is 0.349 e. The van der Waals surface area contributed by atoms with Gasteiger partial charge in [0.15, 0.2) is 0 Å². The van der Waals surface area contributed by atoms with Gasteiger partial charge in [0.05, 0.1) is 0 Å². The third-order valence-electron chi connectivity index (χ3n) is 2.20. The highest BCUT2D eigenvalue weighted by molar-refractivity contribution is 7.55. The van der Waals surface area contributed by atoms with Crippen molar-refractivity contribution in [3.05, 3.63) is 47.8 Å². The van der Waals surface area contributed by atoms with Crippen LogP contribution >= 0.6 is 7.60 Å². The lowest BCUT2D eigenvalue weighted by molar-refractivity contribution is 0.0940. The van der Waals surface area contributed by atoms with E-state index < -0.39 is 7.60 Å². The number of nitrogens with one attached hydrogen (secondary N) is 1. The summed E-state index contributed by atoms with van der Waals surface area (Å²) in [4.78, 5) is 29.0. The maximum atomic E-state index is 11.7. The lowest BCUT2D eigenvalue weighted by atomic mass is 10.2. The molecule has 0 aromatic heterocycles. The average molecular weight is 269 g/mol. The van der Waals surface area contributed by atoms with Crippen LogP contribution in [0.4, 0.5) is 0 Å². The van der Waals surface area contributed by atoms with Gasteiger partial charge in [0.1, 0.15) is 0 Å². The molecule has 1 unspecified atom stereocenters. The second-order valence-electron chi connectivity index (χ2n) is 3.95. The number of hydrogen-bond acceptors (Lipinski definition) is 2. The molecule has 0 aliphatic rings. The quantitative estimate of drug-likeness (QED) is 0.712. The number of carbonyl (C=O) groups excluding carboxylic acids is 1. The van der Waals surface area contributed by atoms with Crippen LogP contribution in [0.1, 0.15) is 23.7 Å². The van der Waals surface area contributed by atoms with Gasteiger partial charge >= 0.3 is 7.60 Å². The van der Waals surface area contributed by atoms with Crippen LogP contribution in [0.2, 0.25) is 0 Å². The molecular formula is C12H16NO4P. The fourth-order valence-corrected chi connectivity index (χ4v) is 1.75. The molecule has 1 rings (SSSR count). The van der Waals surface area contributed by atoms with E-state index in [0.29, 0.717) is 12.0 Å². The van der Waals surface area contributed by atoms with Gasteiger partial charge in [0, 0.05) is 17.4 Å². The maximum absolute atomic E-state index is 11.7. The molecule has 0 saturated carbocycles. The normalized spacial score (nSPS) is 13.5. The minimum absolute atomic E-state index is 0.194. The number of benzene rings is 1. The molecule has 1 atom stereocenters. The van der Waals surface area contributed by atoms with Crippen LogP contribution in [0.3, 0.4) is 0 Å². The third kappa shape index (κ3) is 5.77. The molecule has 1 aromatic rings. The van der Waals surface area contributed by atoms with Crippen molar-refractivity contribution < 1.29 is 19.1 Å². The molecular weight excluding hydrogens is 253 g/mol. The second-order valence-corrected chi connectivity index (χ2v) is 5.43. The zero-order chi connectivity index (χ0) is 13.6. The number of carbonyl (C=O) groups is 1. The molecule has 3 N–H and O–H groups in total. The van der Waals surface area contributed by atoms with E-state index in [1.165, 1.54) is 6.08 Å². The Kier molecular flexibility index (Phi) is 5.28. The van der Waals surface area contributed by atoms with Crippen LogP contribution in [0, 0.1) is 0 Å². The first-order chi connectivity index (χ1) is 8.38. The minimum atomic E-state index is -4.11. The molecule has 98 valence electrons. The Morgan fingerprint density at radius 1 is 1.39 bits per heavy atom. The third-order valence-corrected chi connectivity index (χ3v) is 2.80. The summed E-state index contributed by atoms with van der Waals surface area (Å²) < 4.78 is 10.6. The van der Waals surface area contributed by atoms with E-state index in [4.69, 9.17) is 9.79 Å². The first-order valence-corrected chi connectivity index (χ1v) is 7.15. The first kappa shape index (κ1) is 14.6. The van der Waals surface area contributed by atoms with E-state index >= 15 is 0 Å². The fraction of sp³-hybridized carbons (Fsp3) is 0.250. The van der Waals surface area contributed by atoms with Gasteiger partial charge in [-0.25, -0.2) is 0 Å². The first-order valence-electron chi connectivity index (χ1n) is 5.47. The molecule has 0 aliphatic heterocycles. The molecule has 0 heterocycles. The summed E-state index contributed by atoms with van der Waals surface area (Å²) in [6.45, 7) is 1.77. The van der Waals surface area contributed by atoms with Gasteiger partial charge < -0.3 is 15.1 Å². The Labute approximate surface area is 106 Å². The van der Waals surface area contributed by atoms with E-state index in [-0.39, 0.29) is 11.9 Å². The monoisotopic (exact) mass is 269 g/mol. The minimum Gasteiger partial charge on any atom is -0.349 e. The van der Waals surface area contributed by atoms with Gasteiger partial charge in [-0.15, -0.1) is 0 Å². The maximum Gasteiger partial charge on any atom is 0.348 e. The molecule has 1 aromatic carbocycles. The molecule has 0 spiro atoms. The predicted molar refractivity (Wildman–Crippen MR) is 69.2 cm³/mol. The highest BCUT2D eigenvalue weighted by atomic mass is 31.2. The zero-order valence-electron chi connectivity index (χ0n) is 9.98. The molecule has 0 saturated heterocycles. The summed E-state index contributed by atoms with van der Waals surface area (Å²) in [5, 5.41) is 2.74. The molecule has 1 amide bonds. The highest BCUT2D eigenvalue weighted by Gasteiger charge is 2.09. The highest BCUT2D eigenvalue weighted by Crippen LogP contribution is 2.36. The Hall–Kier alpha value is -1.42. The smallest absolute Gasteiger partial charge is 0.348 e. The lowest BCUT2D eigenvalue weighted by Crippen LogP contribution is -2.32. The van der Waals surface area contributed by atoms with Crippen LogP contribution in [0.5, 0.6) is 0 Å². The average Bonchev–Trinajstić information content (AvgIpc) is 2.28. The molecule has 0 bridgehead atoms. The van der Waals surface area contributed by atoms with Crippen LogP contribution in [-0.2, 0) is 4.57 Å². The van der Waals surface area contributed by atoms with Gasteiger partial charge in [-0.3, -0.25) is 9.36 Å². The van der Waals surface area contributed by atoms with E-state index in [1.807, 2.05) is 6.07 Å². The van der Waals surface area contributed by atoms with E-state index in [0.717, 1.165) is 5.82 Å². The number of rotatable bonds is 5. The van der Waals surface area contributed by atoms with Crippen LogP contribution in [0.25, 0.3) is 0 Å². The molecule has 18 heavy (non-hydrogen) atoms. The Morgan fingerprint density at radius 3 is 2.56 bits per heavy atom. The zero-order valence-corrected chi connectivity index (χ0v) is 10.9. The van der Waals surface area contributed by atoms with Crippen molar-refractivity contribution in [2.75, 3.05) is 0 Å². The SMILES string of the molecule is CC(CC=CP(=O)(O)O)NC(=O)c1ccccc1. The van der Waals surface area contributed by atoms with Gasteiger partial charge in [-0.05, 0) is 25.5 Å². The van der Waals surface area contributed by atoms with E-state index in [2.05, 4.69) is 5.32 Å². The van der Waals surface area contributed by atoms with E-state index in [1.54, 1.807) is 31.2 Å². The van der Waals surface area contributed by atoms with Crippen molar-refractivity contribution in [3.8, 4) is 0 Å². The van der Waals surface area contributed by atoms with E-state index in [9.17, 15) is 9.36 Å². The van der Waals surface area contributed by atoms with Crippen molar-refractivity contribution in [3.63, 3.8) is 0 Å².